The van der Waals surface area contributed by atoms with Gasteiger partial charge in [0.25, 0.3) is 0 Å². The molecule has 9 heavy (non-hydrogen) atoms. The number of alkyl halides is 3. The van der Waals surface area contributed by atoms with Crippen molar-refractivity contribution in [1.29, 1.82) is 0 Å². The third-order valence-corrected chi connectivity index (χ3v) is 0.243. The number of halogens is 3. The number of carbonyl (C=O) groups is 1. The minimum absolute atomic E-state index is 0. The molecule has 0 aliphatic heterocycles. The average molecular weight is 146 g/mol. The summed E-state index contributed by atoms with van der Waals surface area (Å²) in [4.78, 5) is 8.90. The van der Waals surface area contributed by atoms with Crippen molar-refractivity contribution in [3.05, 3.63) is 0 Å². The van der Waals surface area contributed by atoms with Gasteiger partial charge in [-0.25, -0.2) is 4.79 Å². The van der Waals surface area contributed by atoms with Crippen LogP contribution >= 0.6 is 0 Å². The summed E-state index contributed by atoms with van der Waals surface area (Å²) in [6, 6.07) is 0. The molecule has 2 nitrogen and oxygen atoms in total. The smallest absolute Gasteiger partial charge is 0.475 e. The summed E-state index contributed by atoms with van der Waals surface area (Å²) in [6.45, 7) is 0. The molecule has 1 N–H and O–H groups in total. The highest BCUT2D eigenvalue weighted by Crippen LogP contribution is 2.13. The highest BCUT2D eigenvalue weighted by Gasteiger charge is 2.38. The Balaban J connectivity index is -0.000000180. The number of carboxylic acids is 1. The van der Waals surface area contributed by atoms with Gasteiger partial charge in [0, 0.05) is 0 Å². The van der Waals surface area contributed by atoms with Gasteiger partial charge >= 0.3 is 12.1 Å². The third kappa shape index (κ3) is 7.26. The first-order chi connectivity index (χ1) is 2.94. The van der Waals surface area contributed by atoms with Crippen LogP contribution in [0.4, 0.5) is 13.2 Å². The molecule has 0 unspecified atom stereocenters. The second-order valence-corrected chi connectivity index (χ2v) is 0.803. The standard InChI is InChI=1S/C2HF3O2.2CH4/c3-2(4,5)1(6)7;;/h(H,6,7);2*1H4. The van der Waals surface area contributed by atoms with Crippen LogP contribution in [-0.4, -0.2) is 17.3 Å². The summed E-state index contributed by atoms with van der Waals surface area (Å²) in [5, 5.41) is 7.12. The molecule has 0 saturated carbocycles. The maximum atomic E-state index is 10.6. The molecule has 0 aromatic heterocycles. The van der Waals surface area contributed by atoms with Gasteiger partial charge in [-0.15, -0.1) is 0 Å². The van der Waals surface area contributed by atoms with E-state index >= 15 is 0 Å². The lowest BCUT2D eigenvalue weighted by atomic mass is 10.7. The maximum absolute atomic E-state index is 10.6. The highest BCUT2D eigenvalue weighted by atomic mass is 19.4. The van der Waals surface area contributed by atoms with Crippen molar-refractivity contribution >= 4 is 5.97 Å². The monoisotopic (exact) mass is 146 g/mol. The van der Waals surface area contributed by atoms with Crippen LogP contribution in [-0.2, 0) is 4.79 Å². The Morgan fingerprint density at radius 3 is 1.33 bits per heavy atom. The van der Waals surface area contributed by atoms with Gasteiger partial charge in [0.05, 0.1) is 0 Å². The third-order valence-electron chi connectivity index (χ3n) is 0.243. The van der Waals surface area contributed by atoms with E-state index in [-0.39, 0.29) is 14.9 Å². The molecule has 0 bridgehead atoms. The number of carboxylic acid groups (broad SMARTS) is 1. The van der Waals surface area contributed by atoms with E-state index < -0.39 is 12.1 Å². The van der Waals surface area contributed by atoms with E-state index in [1.807, 2.05) is 0 Å². The zero-order valence-electron chi connectivity index (χ0n) is 2.99. The zero-order valence-corrected chi connectivity index (χ0v) is 2.99. The number of hydrogen-bond donors (Lipinski definition) is 1. The van der Waals surface area contributed by atoms with E-state index in [2.05, 4.69) is 0 Å². The maximum Gasteiger partial charge on any atom is 0.490 e. The van der Waals surface area contributed by atoms with Crippen molar-refractivity contribution in [3.63, 3.8) is 0 Å². The zero-order chi connectivity index (χ0) is 6.08. The Labute approximate surface area is 51.3 Å². The summed E-state index contributed by atoms with van der Waals surface area (Å²) < 4.78 is 31.7. The fraction of sp³-hybridized carbons (Fsp3) is 0.750. The van der Waals surface area contributed by atoms with Gasteiger partial charge in [-0.2, -0.15) is 13.2 Å². The molecule has 58 valence electrons. The fourth-order valence-corrected chi connectivity index (χ4v) is 0. The van der Waals surface area contributed by atoms with E-state index in [9.17, 15) is 13.2 Å². The molecule has 0 aliphatic rings. The minimum Gasteiger partial charge on any atom is -0.475 e. The Morgan fingerprint density at radius 2 is 1.33 bits per heavy atom. The number of aliphatic carboxylic acids is 1. The molecule has 0 radical (unpaired) electrons. The van der Waals surface area contributed by atoms with Gasteiger partial charge in [-0.3, -0.25) is 0 Å². The topological polar surface area (TPSA) is 37.3 Å². The first-order valence-corrected chi connectivity index (χ1v) is 1.24. The minimum atomic E-state index is -5.08. The lowest BCUT2D eigenvalue weighted by Gasteiger charge is -1.93. The van der Waals surface area contributed by atoms with Crippen LogP contribution in [0.5, 0.6) is 0 Å². The van der Waals surface area contributed by atoms with Crippen LogP contribution in [0.1, 0.15) is 14.9 Å². The predicted molar refractivity (Wildman–Crippen MR) is 27.2 cm³/mol. The van der Waals surface area contributed by atoms with Crippen molar-refractivity contribution in [1.82, 2.24) is 0 Å². The van der Waals surface area contributed by atoms with Crippen LogP contribution in [0.3, 0.4) is 0 Å². The molecule has 0 fully saturated rings. The van der Waals surface area contributed by atoms with E-state index in [1.165, 1.54) is 0 Å². The molecule has 0 spiro atoms. The second kappa shape index (κ2) is 4.17. The van der Waals surface area contributed by atoms with E-state index in [0.717, 1.165) is 0 Å². The molecule has 0 aromatic rings. The molecule has 0 saturated heterocycles. The molecule has 0 heterocycles. The van der Waals surface area contributed by atoms with Crippen LogP contribution in [0.2, 0.25) is 0 Å². The molecular formula is C4H9F3O2. The van der Waals surface area contributed by atoms with E-state index in [1.54, 1.807) is 0 Å². The molecular weight excluding hydrogens is 137 g/mol. The summed E-state index contributed by atoms with van der Waals surface area (Å²) in [5.74, 6) is -2.76. The van der Waals surface area contributed by atoms with Crippen LogP contribution in [0.25, 0.3) is 0 Å². The van der Waals surface area contributed by atoms with Crippen LogP contribution in [0.15, 0.2) is 0 Å². The first kappa shape index (κ1) is 15.7. The van der Waals surface area contributed by atoms with Gasteiger partial charge in [0.1, 0.15) is 0 Å². The summed E-state index contributed by atoms with van der Waals surface area (Å²) in [7, 11) is 0. The summed E-state index contributed by atoms with van der Waals surface area (Å²) >= 11 is 0. The van der Waals surface area contributed by atoms with Crippen molar-refractivity contribution in [3.8, 4) is 0 Å². The predicted octanol–water partition coefficient (Wildman–Crippen LogP) is 1.91. The van der Waals surface area contributed by atoms with Crippen molar-refractivity contribution < 1.29 is 23.1 Å². The SMILES string of the molecule is C.C.O=C(O)C(F)(F)F. The average Bonchev–Trinajstić information content (AvgIpc) is 1.31. The largest absolute Gasteiger partial charge is 0.490 e. The Hall–Kier alpha value is -0.740. The summed E-state index contributed by atoms with van der Waals surface area (Å²) in [6.07, 6.45) is -5.08. The van der Waals surface area contributed by atoms with E-state index in [4.69, 9.17) is 9.90 Å². The van der Waals surface area contributed by atoms with Gasteiger partial charge in [0.15, 0.2) is 0 Å². The highest BCUT2D eigenvalue weighted by molar-refractivity contribution is 5.73. The van der Waals surface area contributed by atoms with Gasteiger partial charge < -0.3 is 5.11 Å². The van der Waals surface area contributed by atoms with Crippen molar-refractivity contribution in [2.75, 3.05) is 0 Å². The normalized spacial score (nSPS) is 8.78. The molecule has 0 rings (SSSR count). The second-order valence-electron chi connectivity index (χ2n) is 0.803. The molecule has 0 atom stereocenters. The lowest BCUT2D eigenvalue weighted by Crippen LogP contribution is -2.21. The fourth-order valence-electron chi connectivity index (χ4n) is 0. The lowest BCUT2D eigenvalue weighted by molar-refractivity contribution is -0.192. The van der Waals surface area contributed by atoms with E-state index in [0.29, 0.717) is 0 Å². The Morgan fingerprint density at radius 1 is 1.22 bits per heavy atom. The quantitative estimate of drug-likeness (QED) is 0.566. The molecule has 0 aliphatic carbocycles. The van der Waals surface area contributed by atoms with Crippen LogP contribution in [0, 0.1) is 0 Å². The Bertz CT molecular complexity index is 86.3. The Kier molecular flexibility index (Phi) is 7.29. The molecule has 5 heteroatoms. The number of hydrogen-bond acceptors (Lipinski definition) is 1. The summed E-state index contributed by atoms with van der Waals surface area (Å²) in [5.41, 5.74) is 0. The van der Waals surface area contributed by atoms with Crippen molar-refractivity contribution in [2.24, 2.45) is 0 Å². The van der Waals surface area contributed by atoms with Gasteiger partial charge in [0.2, 0.25) is 0 Å². The van der Waals surface area contributed by atoms with Crippen molar-refractivity contribution in [2.45, 2.75) is 21.0 Å². The number of rotatable bonds is 0. The van der Waals surface area contributed by atoms with Gasteiger partial charge in [-0.1, -0.05) is 14.9 Å². The van der Waals surface area contributed by atoms with Gasteiger partial charge in [-0.05, 0) is 0 Å². The molecule has 0 aromatic carbocycles. The van der Waals surface area contributed by atoms with Crippen LogP contribution < -0.4 is 0 Å². The first-order valence-electron chi connectivity index (χ1n) is 1.24. The molecule has 0 amide bonds.